The van der Waals surface area contributed by atoms with Gasteiger partial charge in [-0.25, -0.2) is 0 Å². The van der Waals surface area contributed by atoms with Crippen molar-refractivity contribution in [2.75, 3.05) is 4.43 Å². The first-order valence-electron chi connectivity index (χ1n) is 2.06. The van der Waals surface area contributed by atoms with E-state index in [1.54, 1.807) is 0 Å². The molecule has 0 atom stereocenters. The van der Waals surface area contributed by atoms with E-state index in [1.165, 1.54) is 6.08 Å². The van der Waals surface area contributed by atoms with Crippen molar-refractivity contribution in [3.05, 3.63) is 12.7 Å². The van der Waals surface area contributed by atoms with Crippen LogP contribution in [0, 0.1) is 0 Å². The molecular weight excluding hydrogens is 203 g/mol. The Bertz CT molecular complexity index is 78.1. The average Bonchev–Trinajstić information content (AvgIpc) is 1.68. The summed E-state index contributed by atoms with van der Waals surface area (Å²) in [5.74, 6) is 0. The molecule has 0 spiro atoms. The molecule has 0 saturated heterocycles. The van der Waals surface area contributed by atoms with E-state index in [0.717, 1.165) is 4.43 Å². The molecule has 0 aromatic carbocycles. The number of hydrogen-bond acceptors (Lipinski definition) is 1. The Balaban J connectivity index is 3.17. The molecule has 0 aliphatic rings. The average molecular weight is 211 g/mol. The second-order valence-electron chi connectivity index (χ2n) is 0.909. The number of rotatable bonds is 3. The first kappa shape index (κ1) is 7.14. The molecule has 0 aliphatic carbocycles. The van der Waals surface area contributed by atoms with Crippen molar-refractivity contribution in [2.45, 2.75) is 6.92 Å². The van der Waals surface area contributed by atoms with Crippen LogP contribution < -0.4 is 21.2 Å². The van der Waals surface area contributed by atoms with Gasteiger partial charge >= 0.3 is 53.8 Å². The monoisotopic (exact) mass is 211 g/mol. The zero-order valence-corrected chi connectivity index (χ0v) is 6.44. The van der Waals surface area contributed by atoms with E-state index < -0.39 is 0 Å². The van der Waals surface area contributed by atoms with Crippen LogP contribution in [0.2, 0.25) is 0 Å². The molecule has 42 valence electrons. The van der Waals surface area contributed by atoms with E-state index in [0.29, 0.717) is 0 Å². The summed E-state index contributed by atoms with van der Waals surface area (Å²) in [6.45, 7) is 5.38. The molecule has 2 heteroatoms. The number of carbonyl (C=O) groups excluding carboxylic acids is 1. The van der Waals surface area contributed by atoms with E-state index >= 15 is 0 Å². The first-order chi connectivity index (χ1) is 3.31. The fourth-order valence-corrected chi connectivity index (χ4v) is 1.25. The van der Waals surface area contributed by atoms with E-state index in [9.17, 15) is 4.79 Å². The number of carbonyl (C=O) groups is 1. The predicted octanol–water partition coefficient (Wildman–Crippen LogP) is -2.19. The molecular formula is C5H8IO-. The molecule has 0 fully saturated rings. The molecule has 0 aliphatic heterocycles. The third kappa shape index (κ3) is 3.98. The van der Waals surface area contributed by atoms with Crippen molar-refractivity contribution in [2.24, 2.45) is 0 Å². The van der Waals surface area contributed by atoms with Gasteiger partial charge in [0.05, 0.1) is 0 Å². The van der Waals surface area contributed by atoms with Crippen LogP contribution >= 0.6 is 0 Å². The minimum absolute atomic E-state index is 0.192. The Morgan fingerprint density at radius 3 is 2.71 bits per heavy atom. The second-order valence-corrected chi connectivity index (χ2v) is 4.26. The molecule has 1 nitrogen and oxygen atoms in total. The fourth-order valence-electron chi connectivity index (χ4n) is 0.186. The standard InChI is InChI=1S/C5H8IO/c1-3-5(7)6-4-2/h3H,1,4H2,2H3/q-1. The molecule has 0 saturated carbocycles. The van der Waals surface area contributed by atoms with Gasteiger partial charge in [-0.2, -0.15) is 0 Å². The molecule has 0 heterocycles. The van der Waals surface area contributed by atoms with Gasteiger partial charge in [-0.1, -0.05) is 0 Å². The van der Waals surface area contributed by atoms with Crippen molar-refractivity contribution in [3.63, 3.8) is 0 Å². The molecule has 0 unspecified atom stereocenters. The summed E-state index contributed by atoms with van der Waals surface area (Å²) in [7, 11) is 0. The number of allylic oxidation sites excluding steroid dienone is 1. The second kappa shape index (κ2) is 4.30. The molecule has 0 aromatic rings. The van der Waals surface area contributed by atoms with Crippen molar-refractivity contribution in [3.8, 4) is 0 Å². The SMILES string of the molecule is C=CC(=O)[I-]CC. The first-order valence-corrected chi connectivity index (χ1v) is 4.67. The van der Waals surface area contributed by atoms with Gasteiger partial charge in [0.2, 0.25) is 0 Å². The van der Waals surface area contributed by atoms with Crippen LogP contribution in [0.25, 0.3) is 0 Å². The molecule has 0 radical (unpaired) electrons. The Morgan fingerprint density at radius 1 is 2.00 bits per heavy atom. The Labute approximate surface area is 54.1 Å². The topological polar surface area (TPSA) is 17.1 Å². The third-order valence-electron chi connectivity index (χ3n) is 0.426. The summed E-state index contributed by atoms with van der Waals surface area (Å²) in [4.78, 5) is 10.3. The van der Waals surface area contributed by atoms with Crippen LogP contribution in [0.4, 0.5) is 0 Å². The molecule has 0 N–H and O–H groups in total. The van der Waals surface area contributed by atoms with Gasteiger partial charge in [0, 0.05) is 0 Å². The Hall–Kier alpha value is 0.140. The molecule has 0 amide bonds. The van der Waals surface area contributed by atoms with Gasteiger partial charge in [-0.15, -0.1) is 0 Å². The normalized spacial score (nSPS) is 8.71. The Kier molecular flexibility index (Phi) is 4.39. The van der Waals surface area contributed by atoms with E-state index in [1.807, 2.05) is 6.92 Å². The predicted molar refractivity (Wildman–Crippen MR) is 25.7 cm³/mol. The quantitative estimate of drug-likeness (QED) is 0.224. The molecule has 0 rings (SSSR count). The van der Waals surface area contributed by atoms with Crippen LogP contribution in [0.5, 0.6) is 0 Å². The summed E-state index contributed by atoms with van der Waals surface area (Å²) < 4.78 is 1.28. The van der Waals surface area contributed by atoms with Gasteiger partial charge in [0.25, 0.3) is 0 Å². The van der Waals surface area contributed by atoms with Gasteiger partial charge in [0.1, 0.15) is 0 Å². The number of hydrogen-bond donors (Lipinski definition) is 0. The van der Waals surface area contributed by atoms with Gasteiger partial charge in [-0.3, -0.25) is 0 Å². The van der Waals surface area contributed by atoms with Crippen LogP contribution in [-0.2, 0) is 4.79 Å². The molecule has 0 aromatic heterocycles. The summed E-state index contributed by atoms with van der Waals surface area (Å²) in [5, 5.41) is 0. The van der Waals surface area contributed by atoms with Gasteiger partial charge < -0.3 is 0 Å². The van der Waals surface area contributed by atoms with Gasteiger partial charge in [0.15, 0.2) is 0 Å². The molecule has 0 bridgehead atoms. The fraction of sp³-hybridized carbons (Fsp3) is 0.400. The van der Waals surface area contributed by atoms with E-state index in [4.69, 9.17) is 0 Å². The van der Waals surface area contributed by atoms with Crippen LogP contribution in [0.1, 0.15) is 6.92 Å². The zero-order valence-electron chi connectivity index (χ0n) is 4.28. The van der Waals surface area contributed by atoms with E-state index in [-0.39, 0.29) is 25.0 Å². The maximum atomic E-state index is 10.3. The maximum absolute atomic E-state index is 10.3. The van der Waals surface area contributed by atoms with Crippen molar-refractivity contribution in [1.82, 2.24) is 0 Å². The number of halogens is 1. The van der Waals surface area contributed by atoms with Crippen molar-refractivity contribution in [1.29, 1.82) is 0 Å². The van der Waals surface area contributed by atoms with Crippen LogP contribution in [0.15, 0.2) is 12.7 Å². The number of alkyl halides is 1. The van der Waals surface area contributed by atoms with Crippen molar-refractivity contribution < 1.29 is 26.0 Å². The summed E-state index contributed by atoms with van der Waals surface area (Å²) in [6.07, 6.45) is 1.41. The summed E-state index contributed by atoms with van der Waals surface area (Å²) >= 11 is -0.192. The third-order valence-corrected chi connectivity index (χ3v) is 2.38. The summed E-state index contributed by atoms with van der Waals surface area (Å²) in [6, 6.07) is 0. The minimum atomic E-state index is -0.192. The van der Waals surface area contributed by atoms with Crippen molar-refractivity contribution >= 4 is 3.79 Å². The zero-order chi connectivity index (χ0) is 5.70. The van der Waals surface area contributed by atoms with E-state index in [2.05, 4.69) is 6.58 Å². The van der Waals surface area contributed by atoms with Crippen LogP contribution in [-0.4, -0.2) is 8.22 Å². The van der Waals surface area contributed by atoms with Gasteiger partial charge in [-0.05, 0) is 0 Å². The summed E-state index contributed by atoms with van der Waals surface area (Å²) in [5.41, 5.74) is 0. The molecule has 7 heavy (non-hydrogen) atoms. The van der Waals surface area contributed by atoms with Crippen LogP contribution in [0.3, 0.4) is 0 Å². The Morgan fingerprint density at radius 2 is 2.57 bits per heavy atom.